The number of nitrogens with one attached hydrogen (secondary N) is 1. The van der Waals surface area contributed by atoms with Gasteiger partial charge in [0.2, 0.25) is 0 Å². The molecule has 0 unspecified atom stereocenters. The Bertz CT molecular complexity index is 809. The molecule has 0 aliphatic heterocycles. The minimum absolute atomic E-state index is 0. The van der Waals surface area contributed by atoms with Crippen molar-refractivity contribution >= 4 is 11.9 Å². The molecule has 0 fully saturated rings. The van der Waals surface area contributed by atoms with E-state index in [1.165, 1.54) is 24.3 Å². The molecule has 1 aromatic carbocycles. The summed E-state index contributed by atoms with van der Waals surface area (Å²) in [7, 11) is 0. The number of para-hydroxylation sites is 1. The van der Waals surface area contributed by atoms with Gasteiger partial charge in [-0.1, -0.05) is 18.2 Å². The van der Waals surface area contributed by atoms with Crippen LogP contribution in [0.5, 0.6) is 0 Å². The Hall–Kier alpha value is -2.56. The monoisotopic (exact) mass is 282 g/mol. The first-order chi connectivity index (χ1) is 9.43. The molecule has 0 saturated heterocycles. The maximum Gasteiger partial charge on any atom is 1.00 e. The van der Waals surface area contributed by atoms with Gasteiger partial charge in [-0.05, 0) is 12.1 Å². The van der Waals surface area contributed by atoms with Crippen LogP contribution >= 0.6 is 0 Å². The molecule has 0 aliphatic rings. The van der Waals surface area contributed by atoms with Gasteiger partial charge >= 0.3 is 30.5 Å². The molecule has 102 valence electrons. The maximum atomic E-state index is 11.8. The minimum Gasteiger partial charge on any atom is -0.543 e. The first-order valence-electron chi connectivity index (χ1n) is 5.33. The number of hydrogen-bond acceptors (Lipinski definition) is 5. The van der Waals surface area contributed by atoms with Gasteiger partial charge in [0, 0.05) is 0 Å². The summed E-state index contributed by atoms with van der Waals surface area (Å²) >= 11 is 0. The molecule has 0 aliphatic carbocycles. The van der Waals surface area contributed by atoms with Gasteiger partial charge in [-0.3, -0.25) is 14.3 Å². The second-order valence-corrected chi connectivity index (χ2v) is 3.75. The molecule has 1 aromatic heterocycles. The van der Waals surface area contributed by atoms with E-state index in [1.807, 2.05) is 0 Å². The van der Waals surface area contributed by atoms with Gasteiger partial charge in [0.05, 0.1) is 17.4 Å². The van der Waals surface area contributed by atoms with Gasteiger partial charge in [-0.25, -0.2) is 9.59 Å². The van der Waals surface area contributed by atoms with Crippen LogP contribution in [0.3, 0.4) is 0 Å². The van der Waals surface area contributed by atoms with Crippen LogP contribution < -0.4 is 35.2 Å². The molecule has 0 spiro atoms. The molecule has 21 heavy (non-hydrogen) atoms. The van der Waals surface area contributed by atoms with Crippen LogP contribution in [0.25, 0.3) is 5.69 Å². The van der Waals surface area contributed by atoms with E-state index in [-0.39, 0.29) is 24.5 Å². The van der Waals surface area contributed by atoms with Gasteiger partial charge in [0.1, 0.15) is 0 Å². The summed E-state index contributed by atoms with van der Waals surface area (Å²) in [5.74, 6) is -3.70. The molecule has 2 aromatic rings. The standard InChI is InChI=1S/C12H8N2O6.Li/c15-9-7(10(16)17)8(11(18)19)14(12(20)13-9)6-4-2-1-3-5-6;/h1-5H,(H,16,17)(H,18,19)(H,13,15,20);/q;+1/p-1. The fourth-order valence-electron chi connectivity index (χ4n) is 1.75. The third-order valence-corrected chi connectivity index (χ3v) is 2.53. The fraction of sp³-hybridized carbons (Fsp3) is 0. The van der Waals surface area contributed by atoms with Crippen LogP contribution in [0.4, 0.5) is 0 Å². The van der Waals surface area contributed by atoms with E-state index >= 15 is 0 Å². The summed E-state index contributed by atoms with van der Waals surface area (Å²) in [4.78, 5) is 47.1. The number of benzene rings is 1. The molecule has 0 bridgehead atoms. The Balaban J connectivity index is 0.00000220. The molecule has 1 heterocycles. The zero-order valence-corrected chi connectivity index (χ0v) is 10.8. The Morgan fingerprint density at radius 2 is 1.71 bits per heavy atom. The summed E-state index contributed by atoms with van der Waals surface area (Å²) < 4.78 is 0.570. The van der Waals surface area contributed by atoms with E-state index in [4.69, 9.17) is 5.11 Å². The zero-order valence-electron chi connectivity index (χ0n) is 10.8. The third kappa shape index (κ3) is 2.96. The maximum absolute atomic E-state index is 11.8. The van der Waals surface area contributed by atoms with Crippen molar-refractivity contribution in [3.8, 4) is 5.69 Å². The largest absolute Gasteiger partial charge is 1.00 e. The van der Waals surface area contributed by atoms with E-state index < -0.39 is 34.4 Å². The molecule has 0 saturated carbocycles. The number of rotatable bonds is 3. The van der Waals surface area contributed by atoms with Crippen LogP contribution in [-0.4, -0.2) is 26.6 Å². The van der Waals surface area contributed by atoms with Crippen molar-refractivity contribution < 1.29 is 38.7 Å². The number of nitrogens with zero attached hydrogens (tertiary/aromatic N) is 1. The Kier molecular flexibility index (Phi) is 4.91. The number of carbonyl (C=O) groups is 2. The molecular formula is C12H7LiN2O6. The number of carboxylic acids is 2. The molecule has 2 rings (SSSR count). The smallest absolute Gasteiger partial charge is 0.543 e. The summed E-state index contributed by atoms with van der Waals surface area (Å²) in [5, 5.41) is 20.1. The van der Waals surface area contributed by atoms with E-state index in [9.17, 15) is 24.3 Å². The van der Waals surface area contributed by atoms with Gasteiger partial charge in [0.15, 0.2) is 5.56 Å². The van der Waals surface area contributed by atoms with E-state index in [1.54, 1.807) is 11.1 Å². The van der Waals surface area contributed by atoms with Crippen molar-refractivity contribution in [3.63, 3.8) is 0 Å². The predicted octanol–water partition coefficient (Wildman–Crippen LogP) is -4.41. The molecule has 9 heteroatoms. The molecular weight excluding hydrogens is 275 g/mol. The Morgan fingerprint density at radius 1 is 1.14 bits per heavy atom. The third-order valence-electron chi connectivity index (χ3n) is 2.53. The summed E-state index contributed by atoms with van der Waals surface area (Å²) in [5.41, 5.74) is -4.33. The van der Waals surface area contributed by atoms with Crippen LogP contribution in [0.15, 0.2) is 39.9 Å². The van der Waals surface area contributed by atoms with Crippen LogP contribution in [0.1, 0.15) is 20.8 Å². The fourth-order valence-corrected chi connectivity index (χ4v) is 1.75. The van der Waals surface area contributed by atoms with Gasteiger partial charge in [-0.15, -0.1) is 0 Å². The number of H-pyrrole nitrogens is 1. The quantitative estimate of drug-likeness (QED) is 0.546. The van der Waals surface area contributed by atoms with E-state index in [2.05, 4.69) is 0 Å². The zero-order chi connectivity index (χ0) is 14.9. The van der Waals surface area contributed by atoms with Crippen molar-refractivity contribution in [2.75, 3.05) is 0 Å². The second-order valence-electron chi connectivity index (χ2n) is 3.75. The number of hydrogen-bond donors (Lipinski definition) is 2. The van der Waals surface area contributed by atoms with E-state index in [0.717, 1.165) is 0 Å². The number of carbonyl (C=O) groups excluding carboxylic acids is 1. The number of aromatic amines is 1. The molecule has 0 amide bonds. The molecule has 2 N–H and O–H groups in total. The SMILES string of the molecule is O=C(O)c1c(C(=O)[O-])n(-c2ccccc2)c(=O)[nH]c1=O.[Li+]. The molecule has 8 nitrogen and oxygen atoms in total. The van der Waals surface area contributed by atoms with Gasteiger partial charge in [-0.2, -0.15) is 0 Å². The minimum atomic E-state index is -1.94. The Morgan fingerprint density at radius 3 is 2.19 bits per heavy atom. The van der Waals surface area contributed by atoms with Gasteiger partial charge in [0.25, 0.3) is 5.56 Å². The van der Waals surface area contributed by atoms with Crippen molar-refractivity contribution in [1.29, 1.82) is 0 Å². The second kappa shape index (κ2) is 6.26. The predicted molar refractivity (Wildman–Crippen MR) is 63.9 cm³/mol. The summed E-state index contributed by atoms with van der Waals surface area (Å²) in [6.07, 6.45) is 0. The van der Waals surface area contributed by atoms with Crippen molar-refractivity contribution in [2.45, 2.75) is 0 Å². The van der Waals surface area contributed by atoms with Crippen LogP contribution in [-0.2, 0) is 0 Å². The van der Waals surface area contributed by atoms with Gasteiger partial charge < -0.3 is 15.0 Å². The van der Waals surface area contributed by atoms with Crippen LogP contribution in [0.2, 0.25) is 0 Å². The summed E-state index contributed by atoms with van der Waals surface area (Å²) in [6, 6.07) is 7.44. The van der Waals surface area contributed by atoms with Crippen molar-refractivity contribution in [2.24, 2.45) is 0 Å². The first kappa shape index (κ1) is 16.5. The number of carboxylic acid groups (broad SMARTS) is 2. The normalized spacial score (nSPS) is 9.71. The Labute approximate surface area is 128 Å². The summed E-state index contributed by atoms with van der Waals surface area (Å²) in [6.45, 7) is 0. The average Bonchev–Trinajstić information content (AvgIpc) is 2.38. The first-order valence-corrected chi connectivity index (χ1v) is 5.33. The topological polar surface area (TPSA) is 132 Å². The molecule has 0 radical (unpaired) electrons. The van der Waals surface area contributed by atoms with Crippen molar-refractivity contribution in [3.05, 3.63) is 62.4 Å². The van der Waals surface area contributed by atoms with Crippen molar-refractivity contribution in [1.82, 2.24) is 9.55 Å². The van der Waals surface area contributed by atoms with E-state index in [0.29, 0.717) is 4.57 Å². The van der Waals surface area contributed by atoms with Crippen LogP contribution in [0, 0.1) is 0 Å². The average molecular weight is 282 g/mol. The number of aromatic nitrogens is 2. The molecule has 0 atom stereocenters. The number of aromatic carboxylic acids is 2.